The lowest BCUT2D eigenvalue weighted by atomic mass is 10.1. The molecule has 0 aliphatic carbocycles. The SMILES string of the molecule is CCNC(=NCCNS(=O)(=O)c1ccc(C)cc1)NCCc1ccc2c(c1)OCO2. The van der Waals surface area contributed by atoms with Gasteiger partial charge in [0.25, 0.3) is 0 Å². The number of aliphatic imine (C=N–C) groups is 1. The molecule has 0 saturated carbocycles. The van der Waals surface area contributed by atoms with E-state index in [0.717, 1.165) is 29.0 Å². The van der Waals surface area contributed by atoms with E-state index in [0.29, 0.717) is 25.6 Å². The molecule has 2 aromatic carbocycles. The third-order valence-electron chi connectivity index (χ3n) is 4.49. The van der Waals surface area contributed by atoms with E-state index in [2.05, 4.69) is 20.3 Å². The van der Waals surface area contributed by atoms with Gasteiger partial charge in [0, 0.05) is 19.6 Å². The predicted octanol–water partition coefficient (Wildman–Crippen LogP) is 1.80. The van der Waals surface area contributed by atoms with Crippen molar-refractivity contribution in [1.82, 2.24) is 15.4 Å². The maximum Gasteiger partial charge on any atom is 0.240 e. The molecule has 1 heterocycles. The Kier molecular flexibility index (Phi) is 7.53. The highest BCUT2D eigenvalue weighted by Gasteiger charge is 2.14. The van der Waals surface area contributed by atoms with Gasteiger partial charge in [0.15, 0.2) is 17.5 Å². The van der Waals surface area contributed by atoms with Gasteiger partial charge in [-0.05, 0) is 50.1 Å². The number of fused-ring (bicyclic) bond motifs is 1. The van der Waals surface area contributed by atoms with Gasteiger partial charge in [-0.25, -0.2) is 13.1 Å². The van der Waals surface area contributed by atoms with Crippen LogP contribution in [-0.4, -0.2) is 47.3 Å². The van der Waals surface area contributed by atoms with Crippen molar-refractivity contribution in [2.45, 2.75) is 25.2 Å². The van der Waals surface area contributed by atoms with Crippen LogP contribution in [0.4, 0.5) is 0 Å². The Morgan fingerprint density at radius 1 is 1.03 bits per heavy atom. The zero-order chi connectivity index (χ0) is 21.4. The number of benzene rings is 2. The molecular formula is C21H28N4O4S. The topological polar surface area (TPSA) is 101 Å². The average molecular weight is 433 g/mol. The van der Waals surface area contributed by atoms with Crippen LogP contribution < -0.4 is 24.8 Å². The summed E-state index contributed by atoms with van der Waals surface area (Å²) in [6.07, 6.45) is 0.793. The molecule has 162 valence electrons. The van der Waals surface area contributed by atoms with Gasteiger partial charge in [0.05, 0.1) is 11.4 Å². The van der Waals surface area contributed by atoms with Crippen molar-refractivity contribution in [3.8, 4) is 11.5 Å². The number of hydrogen-bond acceptors (Lipinski definition) is 5. The molecule has 3 rings (SSSR count). The summed E-state index contributed by atoms with van der Waals surface area (Å²) in [5.41, 5.74) is 2.15. The summed E-state index contributed by atoms with van der Waals surface area (Å²) in [6, 6.07) is 12.7. The monoisotopic (exact) mass is 432 g/mol. The zero-order valence-corrected chi connectivity index (χ0v) is 18.1. The molecule has 0 aromatic heterocycles. The van der Waals surface area contributed by atoms with E-state index in [1.54, 1.807) is 24.3 Å². The van der Waals surface area contributed by atoms with Crippen molar-refractivity contribution in [2.24, 2.45) is 4.99 Å². The average Bonchev–Trinajstić information content (AvgIpc) is 3.19. The van der Waals surface area contributed by atoms with Crippen molar-refractivity contribution in [3.05, 3.63) is 53.6 Å². The molecule has 8 nitrogen and oxygen atoms in total. The second-order valence-corrected chi connectivity index (χ2v) is 8.60. The summed E-state index contributed by atoms with van der Waals surface area (Å²) in [7, 11) is -3.53. The molecule has 9 heteroatoms. The van der Waals surface area contributed by atoms with Crippen LogP contribution in [0.1, 0.15) is 18.1 Å². The first-order valence-electron chi connectivity index (χ1n) is 9.95. The zero-order valence-electron chi connectivity index (χ0n) is 17.3. The molecule has 0 unspecified atom stereocenters. The predicted molar refractivity (Wildman–Crippen MR) is 117 cm³/mol. The second kappa shape index (κ2) is 10.3. The summed E-state index contributed by atoms with van der Waals surface area (Å²) in [5.74, 6) is 2.19. The number of sulfonamides is 1. The first-order valence-corrected chi connectivity index (χ1v) is 11.4. The Morgan fingerprint density at radius 3 is 2.57 bits per heavy atom. The van der Waals surface area contributed by atoms with Crippen molar-refractivity contribution < 1.29 is 17.9 Å². The van der Waals surface area contributed by atoms with E-state index in [1.807, 2.05) is 32.0 Å². The summed E-state index contributed by atoms with van der Waals surface area (Å²) < 4.78 is 37.9. The van der Waals surface area contributed by atoms with Gasteiger partial charge in [-0.1, -0.05) is 23.8 Å². The minimum atomic E-state index is -3.53. The number of ether oxygens (including phenoxy) is 2. The summed E-state index contributed by atoms with van der Waals surface area (Å²) in [4.78, 5) is 4.69. The fourth-order valence-corrected chi connectivity index (χ4v) is 3.93. The Balaban J connectivity index is 1.46. The van der Waals surface area contributed by atoms with Crippen LogP contribution in [0, 0.1) is 6.92 Å². The Hall–Kier alpha value is -2.78. The quantitative estimate of drug-likeness (QED) is 0.317. The van der Waals surface area contributed by atoms with E-state index in [9.17, 15) is 8.42 Å². The number of rotatable bonds is 9. The Bertz CT molecular complexity index is 975. The molecule has 0 atom stereocenters. The van der Waals surface area contributed by atoms with Crippen molar-refractivity contribution in [1.29, 1.82) is 0 Å². The molecular weight excluding hydrogens is 404 g/mol. The first kappa shape index (κ1) is 21.9. The third-order valence-corrected chi connectivity index (χ3v) is 5.97. The maximum atomic E-state index is 12.3. The van der Waals surface area contributed by atoms with E-state index in [-0.39, 0.29) is 18.2 Å². The smallest absolute Gasteiger partial charge is 0.240 e. The van der Waals surface area contributed by atoms with Gasteiger partial charge >= 0.3 is 0 Å². The molecule has 0 saturated heterocycles. The lowest BCUT2D eigenvalue weighted by Gasteiger charge is -2.12. The lowest BCUT2D eigenvalue weighted by molar-refractivity contribution is 0.174. The van der Waals surface area contributed by atoms with Crippen molar-refractivity contribution in [3.63, 3.8) is 0 Å². The van der Waals surface area contributed by atoms with Gasteiger partial charge in [-0.15, -0.1) is 0 Å². The molecule has 0 bridgehead atoms. The van der Waals surface area contributed by atoms with Crippen LogP contribution in [0.2, 0.25) is 0 Å². The van der Waals surface area contributed by atoms with E-state index >= 15 is 0 Å². The number of nitrogens with one attached hydrogen (secondary N) is 3. The molecule has 1 aliphatic heterocycles. The third kappa shape index (κ3) is 6.11. The van der Waals surface area contributed by atoms with Gasteiger partial charge in [0.2, 0.25) is 16.8 Å². The van der Waals surface area contributed by atoms with Gasteiger partial charge in [-0.3, -0.25) is 4.99 Å². The molecule has 0 fully saturated rings. The van der Waals surface area contributed by atoms with Crippen molar-refractivity contribution >= 4 is 16.0 Å². The Morgan fingerprint density at radius 2 is 1.80 bits per heavy atom. The van der Waals surface area contributed by atoms with Gasteiger partial charge < -0.3 is 20.1 Å². The fraction of sp³-hybridized carbons (Fsp3) is 0.381. The first-order chi connectivity index (χ1) is 14.5. The minimum Gasteiger partial charge on any atom is -0.454 e. The van der Waals surface area contributed by atoms with Crippen LogP contribution in [0.3, 0.4) is 0 Å². The van der Waals surface area contributed by atoms with E-state index in [4.69, 9.17) is 9.47 Å². The van der Waals surface area contributed by atoms with Gasteiger partial charge in [0.1, 0.15) is 0 Å². The highest BCUT2D eigenvalue weighted by molar-refractivity contribution is 7.89. The number of hydrogen-bond donors (Lipinski definition) is 3. The van der Waals surface area contributed by atoms with E-state index < -0.39 is 10.0 Å². The molecule has 0 amide bonds. The number of guanidine groups is 1. The molecule has 0 spiro atoms. The molecule has 2 aromatic rings. The maximum absolute atomic E-state index is 12.3. The Labute approximate surface area is 177 Å². The normalized spacial score (nSPS) is 13.3. The summed E-state index contributed by atoms with van der Waals surface area (Å²) >= 11 is 0. The molecule has 3 N–H and O–H groups in total. The molecule has 1 aliphatic rings. The van der Waals surface area contributed by atoms with Gasteiger partial charge in [-0.2, -0.15) is 0 Å². The molecule has 30 heavy (non-hydrogen) atoms. The van der Waals surface area contributed by atoms with Crippen LogP contribution in [0.15, 0.2) is 52.4 Å². The van der Waals surface area contributed by atoms with Crippen molar-refractivity contribution in [2.75, 3.05) is 33.0 Å². The standard InChI is InChI=1S/C21H28N4O4S/c1-3-22-21(23-11-10-17-6-9-19-20(14-17)29-15-28-19)24-12-13-25-30(26,27)18-7-4-16(2)5-8-18/h4-9,14,25H,3,10-13,15H2,1-2H3,(H2,22,23,24). The molecule has 0 radical (unpaired) electrons. The number of nitrogens with zero attached hydrogens (tertiary/aromatic N) is 1. The van der Waals surface area contributed by atoms with E-state index in [1.165, 1.54) is 0 Å². The summed E-state index contributed by atoms with van der Waals surface area (Å²) in [5, 5.41) is 6.43. The highest BCUT2D eigenvalue weighted by Crippen LogP contribution is 2.32. The lowest BCUT2D eigenvalue weighted by Crippen LogP contribution is -2.39. The van der Waals surface area contributed by atoms with Crippen LogP contribution in [-0.2, 0) is 16.4 Å². The van der Waals surface area contributed by atoms with Crippen LogP contribution >= 0.6 is 0 Å². The largest absolute Gasteiger partial charge is 0.454 e. The fourth-order valence-electron chi connectivity index (χ4n) is 2.91. The van der Waals surface area contributed by atoms with Crippen LogP contribution in [0.25, 0.3) is 0 Å². The summed E-state index contributed by atoms with van der Waals surface area (Å²) in [6.45, 7) is 6.10. The number of aryl methyl sites for hydroxylation is 1. The second-order valence-electron chi connectivity index (χ2n) is 6.84. The highest BCUT2D eigenvalue weighted by atomic mass is 32.2. The minimum absolute atomic E-state index is 0.217. The van der Waals surface area contributed by atoms with Crippen LogP contribution in [0.5, 0.6) is 11.5 Å².